The fourth-order valence-corrected chi connectivity index (χ4v) is 3.65. The zero-order chi connectivity index (χ0) is 16.7. The van der Waals surface area contributed by atoms with E-state index >= 15 is 0 Å². The molecule has 0 amide bonds. The van der Waals surface area contributed by atoms with Crippen molar-refractivity contribution in [1.29, 1.82) is 0 Å². The van der Waals surface area contributed by atoms with Gasteiger partial charge in [0, 0.05) is 25.9 Å². The predicted octanol–water partition coefficient (Wildman–Crippen LogP) is -0.899. The summed E-state index contributed by atoms with van der Waals surface area (Å²) < 4.78 is 31.9. The number of hydrogen-bond acceptors (Lipinski definition) is 5. The van der Waals surface area contributed by atoms with Gasteiger partial charge in [0.1, 0.15) is 0 Å². The van der Waals surface area contributed by atoms with E-state index in [4.69, 9.17) is 0 Å². The van der Waals surface area contributed by atoms with E-state index in [0.717, 1.165) is 13.0 Å². The van der Waals surface area contributed by atoms with Crippen molar-refractivity contribution in [2.24, 2.45) is 0 Å². The largest absolute Gasteiger partial charge is 1.00 e. The molecule has 0 aliphatic heterocycles. The molecule has 0 aliphatic carbocycles. The number of carbonyl (C=O) groups excluding carboxylic acids is 1. The van der Waals surface area contributed by atoms with Gasteiger partial charge in [-0.1, -0.05) is 32.3 Å². The summed E-state index contributed by atoms with van der Waals surface area (Å²) in [6, 6.07) is 1.18. The topological polar surface area (TPSA) is 77.5 Å². The SMILES string of the molecule is C=C(CN(CCC[Si](C)(C)C)CCCS(=O)(=O)[O-])C(C)=O.[Na+]. The molecule has 5 nitrogen and oxygen atoms in total. The number of hydrogen-bond donors (Lipinski definition) is 0. The standard InChI is InChI=1S/C14H29NO4SSi.Na/c1-13(14(2)16)12-15(8-6-10-20(17,18)19)9-7-11-21(3,4)5;/h1,6-12H2,2-5H3,(H,17,18,19);/q;+1/p-1. The van der Waals surface area contributed by atoms with Crippen LogP contribution in [0.2, 0.25) is 25.7 Å². The van der Waals surface area contributed by atoms with Gasteiger partial charge in [-0.3, -0.25) is 9.69 Å². The summed E-state index contributed by atoms with van der Waals surface area (Å²) in [4.78, 5) is 13.3. The van der Waals surface area contributed by atoms with E-state index in [1.54, 1.807) is 0 Å². The van der Waals surface area contributed by atoms with E-state index in [-0.39, 0.29) is 41.1 Å². The maximum atomic E-state index is 11.3. The number of ketones is 1. The predicted molar refractivity (Wildman–Crippen MR) is 88.2 cm³/mol. The van der Waals surface area contributed by atoms with E-state index in [1.165, 1.54) is 13.0 Å². The maximum absolute atomic E-state index is 11.3. The zero-order valence-corrected chi connectivity index (χ0v) is 18.5. The quantitative estimate of drug-likeness (QED) is 0.272. The van der Waals surface area contributed by atoms with Crippen LogP contribution in [0.3, 0.4) is 0 Å². The van der Waals surface area contributed by atoms with E-state index in [2.05, 4.69) is 26.2 Å². The van der Waals surface area contributed by atoms with Gasteiger partial charge in [-0.05, 0) is 32.9 Å². The zero-order valence-electron chi connectivity index (χ0n) is 14.6. The first-order valence-corrected chi connectivity index (χ1v) is 12.5. The fourth-order valence-electron chi connectivity index (χ4n) is 1.95. The number of carbonyl (C=O) groups is 1. The number of Topliss-reactive ketones (excluding diaryl/α,β-unsaturated/α-hetero) is 1. The summed E-state index contributed by atoms with van der Waals surface area (Å²) in [6.45, 7) is 13.9. The Morgan fingerprint density at radius 3 is 2.09 bits per heavy atom. The maximum Gasteiger partial charge on any atom is 1.00 e. The van der Waals surface area contributed by atoms with Gasteiger partial charge in [-0.2, -0.15) is 0 Å². The van der Waals surface area contributed by atoms with Crippen LogP contribution in [0.1, 0.15) is 19.8 Å². The second-order valence-corrected chi connectivity index (χ2v) is 13.9. The molecule has 0 aromatic heterocycles. The van der Waals surface area contributed by atoms with E-state index in [9.17, 15) is 17.8 Å². The minimum atomic E-state index is -4.17. The molecule has 0 aromatic carbocycles. The first kappa shape index (κ1) is 24.7. The van der Waals surface area contributed by atoms with Crippen molar-refractivity contribution in [3.8, 4) is 0 Å². The molecule has 0 fully saturated rings. The molecule has 0 bridgehead atoms. The Morgan fingerprint density at radius 1 is 1.18 bits per heavy atom. The molecule has 0 unspecified atom stereocenters. The Kier molecular flexibility index (Phi) is 12.5. The summed E-state index contributed by atoms with van der Waals surface area (Å²) in [7, 11) is -5.28. The van der Waals surface area contributed by atoms with Crippen LogP contribution in [0.4, 0.5) is 0 Å². The van der Waals surface area contributed by atoms with Crippen LogP contribution in [0, 0.1) is 0 Å². The average Bonchev–Trinajstić information content (AvgIpc) is 2.24. The van der Waals surface area contributed by atoms with Crippen molar-refractivity contribution in [2.45, 2.75) is 45.5 Å². The molecule has 0 spiro atoms. The Labute approximate surface area is 158 Å². The van der Waals surface area contributed by atoms with Crippen molar-refractivity contribution in [1.82, 2.24) is 4.90 Å². The molecule has 22 heavy (non-hydrogen) atoms. The van der Waals surface area contributed by atoms with Crippen LogP contribution >= 0.6 is 0 Å². The molecule has 0 radical (unpaired) electrons. The van der Waals surface area contributed by atoms with Gasteiger partial charge in [-0.15, -0.1) is 0 Å². The molecule has 0 aliphatic rings. The molecule has 8 heteroatoms. The first-order chi connectivity index (χ1) is 9.41. The Hall–Kier alpha value is 0.497. The minimum Gasteiger partial charge on any atom is -0.748 e. The summed E-state index contributed by atoms with van der Waals surface area (Å²) in [5.74, 6) is -0.411. The first-order valence-electron chi connectivity index (χ1n) is 7.25. The molecule has 0 atom stereocenters. The third-order valence-corrected chi connectivity index (χ3v) is 5.82. The fraction of sp³-hybridized carbons (Fsp3) is 0.786. The number of nitrogens with zero attached hydrogens (tertiary/aromatic N) is 1. The molecule has 0 N–H and O–H groups in total. The molecular formula is C14H28NNaO4SSi. The Balaban J connectivity index is 0. The molecule has 0 saturated heterocycles. The molecule has 0 rings (SSSR count). The van der Waals surface area contributed by atoms with Crippen molar-refractivity contribution < 1.29 is 47.3 Å². The van der Waals surface area contributed by atoms with Gasteiger partial charge in [-0.25, -0.2) is 8.42 Å². The van der Waals surface area contributed by atoms with Gasteiger partial charge < -0.3 is 4.55 Å². The third kappa shape index (κ3) is 15.4. The van der Waals surface area contributed by atoms with Crippen LogP contribution in [0.5, 0.6) is 0 Å². The summed E-state index contributed by atoms with van der Waals surface area (Å²) >= 11 is 0. The van der Waals surface area contributed by atoms with Gasteiger partial charge in [0.2, 0.25) is 0 Å². The summed E-state index contributed by atoms with van der Waals surface area (Å²) in [6.07, 6.45) is 1.31. The van der Waals surface area contributed by atoms with Crippen LogP contribution < -0.4 is 29.6 Å². The van der Waals surface area contributed by atoms with Crippen molar-refractivity contribution >= 4 is 24.0 Å². The second-order valence-electron chi connectivity index (χ2n) is 6.72. The average molecular weight is 358 g/mol. The van der Waals surface area contributed by atoms with Gasteiger partial charge in [0.15, 0.2) is 5.78 Å². The molecule has 0 aromatic rings. The van der Waals surface area contributed by atoms with Gasteiger partial charge in [0.05, 0.1) is 10.1 Å². The Morgan fingerprint density at radius 2 is 1.68 bits per heavy atom. The molecule has 124 valence electrons. The second kappa shape index (κ2) is 11.1. The summed E-state index contributed by atoms with van der Waals surface area (Å²) in [5.41, 5.74) is 0.521. The monoisotopic (exact) mass is 357 g/mol. The van der Waals surface area contributed by atoms with Crippen molar-refractivity contribution in [3.63, 3.8) is 0 Å². The Bertz CT molecular complexity index is 460. The molecule has 0 saturated carbocycles. The van der Waals surface area contributed by atoms with Crippen LogP contribution in [-0.4, -0.2) is 57.1 Å². The van der Waals surface area contributed by atoms with Crippen LogP contribution in [0.25, 0.3) is 0 Å². The van der Waals surface area contributed by atoms with Gasteiger partial charge in [0.25, 0.3) is 0 Å². The minimum absolute atomic E-state index is 0. The van der Waals surface area contributed by atoms with Gasteiger partial charge >= 0.3 is 29.6 Å². The smallest absolute Gasteiger partial charge is 0.748 e. The number of rotatable bonds is 11. The van der Waals surface area contributed by atoms with Crippen molar-refractivity contribution in [3.05, 3.63) is 12.2 Å². The van der Waals surface area contributed by atoms with Crippen LogP contribution in [-0.2, 0) is 14.9 Å². The van der Waals surface area contributed by atoms with E-state index in [1.807, 2.05) is 4.90 Å². The van der Waals surface area contributed by atoms with E-state index in [0.29, 0.717) is 25.1 Å². The third-order valence-electron chi connectivity index (χ3n) is 3.18. The molecule has 0 heterocycles. The van der Waals surface area contributed by atoms with Crippen molar-refractivity contribution in [2.75, 3.05) is 25.4 Å². The normalized spacial score (nSPS) is 12.1. The van der Waals surface area contributed by atoms with Crippen LogP contribution in [0.15, 0.2) is 12.2 Å². The summed E-state index contributed by atoms with van der Waals surface area (Å²) in [5, 5.41) is 0. The molecular weight excluding hydrogens is 329 g/mol. The van der Waals surface area contributed by atoms with E-state index < -0.39 is 18.2 Å².